The van der Waals surface area contributed by atoms with Gasteiger partial charge in [-0.25, -0.2) is 13.8 Å². The van der Waals surface area contributed by atoms with Crippen molar-refractivity contribution in [2.45, 2.75) is 11.8 Å². The molecule has 3 aromatic carbocycles. The van der Waals surface area contributed by atoms with Gasteiger partial charge in [-0.2, -0.15) is 5.10 Å². The van der Waals surface area contributed by atoms with Gasteiger partial charge in [-0.1, -0.05) is 12.1 Å². The van der Waals surface area contributed by atoms with Crippen molar-refractivity contribution >= 4 is 27.8 Å². The van der Waals surface area contributed by atoms with Crippen LogP contribution in [0.5, 0.6) is 11.5 Å². The molecule has 166 valence electrons. The molecule has 0 saturated carbocycles. The SMILES string of the molecule is CCOc1ccc(S(=O)(=O)Nc2ccc(C(=O)N/N=C/c3ccccc3OC)cc2)cc1. The Hall–Kier alpha value is -3.85. The van der Waals surface area contributed by atoms with Gasteiger partial charge in [0.15, 0.2) is 0 Å². The Balaban J connectivity index is 1.62. The highest BCUT2D eigenvalue weighted by Gasteiger charge is 2.14. The number of para-hydroxylation sites is 1. The fraction of sp³-hybridized carbons (Fsp3) is 0.130. The molecular weight excluding hydrogens is 430 g/mol. The standard InChI is InChI=1S/C23H23N3O5S/c1-3-31-20-12-14-21(15-13-20)32(28,29)26-19-10-8-17(9-11-19)23(27)25-24-16-18-6-4-5-7-22(18)30-2/h4-16,26H,3H2,1-2H3,(H,25,27)/b24-16+. The third-order valence-electron chi connectivity index (χ3n) is 4.35. The van der Waals surface area contributed by atoms with E-state index in [1.807, 2.05) is 19.1 Å². The van der Waals surface area contributed by atoms with Crippen molar-refractivity contribution in [2.75, 3.05) is 18.4 Å². The Morgan fingerprint density at radius 1 is 1.00 bits per heavy atom. The number of carbonyl (C=O) groups excluding carboxylic acids is 1. The number of ether oxygens (including phenoxy) is 2. The van der Waals surface area contributed by atoms with Gasteiger partial charge in [-0.05, 0) is 67.6 Å². The molecule has 32 heavy (non-hydrogen) atoms. The molecule has 8 nitrogen and oxygen atoms in total. The highest BCUT2D eigenvalue weighted by Crippen LogP contribution is 2.20. The third kappa shape index (κ3) is 5.86. The first-order chi connectivity index (χ1) is 15.4. The van der Waals surface area contributed by atoms with Crippen molar-refractivity contribution in [3.63, 3.8) is 0 Å². The zero-order valence-electron chi connectivity index (χ0n) is 17.6. The number of carbonyl (C=O) groups is 1. The first-order valence-electron chi connectivity index (χ1n) is 9.75. The lowest BCUT2D eigenvalue weighted by atomic mass is 10.2. The van der Waals surface area contributed by atoms with E-state index >= 15 is 0 Å². The van der Waals surface area contributed by atoms with Crippen LogP contribution in [0.3, 0.4) is 0 Å². The zero-order chi connectivity index (χ0) is 23.0. The molecule has 9 heteroatoms. The summed E-state index contributed by atoms with van der Waals surface area (Å²) in [6.45, 7) is 2.35. The van der Waals surface area contributed by atoms with E-state index in [1.165, 1.54) is 42.6 Å². The molecule has 2 N–H and O–H groups in total. The quantitative estimate of drug-likeness (QED) is 0.380. The van der Waals surface area contributed by atoms with E-state index in [0.29, 0.717) is 34.9 Å². The maximum absolute atomic E-state index is 12.6. The minimum atomic E-state index is -3.77. The fourth-order valence-electron chi connectivity index (χ4n) is 2.78. The summed E-state index contributed by atoms with van der Waals surface area (Å²) in [5.41, 5.74) is 3.80. The van der Waals surface area contributed by atoms with Gasteiger partial charge in [0.1, 0.15) is 11.5 Å². The molecule has 0 aromatic heterocycles. The van der Waals surface area contributed by atoms with Crippen LogP contribution in [0, 0.1) is 0 Å². The van der Waals surface area contributed by atoms with Gasteiger partial charge in [0.05, 0.1) is 24.8 Å². The predicted molar refractivity (Wildman–Crippen MR) is 123 cm³/mol. The van der Waals surface area contributed by atoms with E-state index in [1.54, 1.807) is 31.4 Å². The summed E-state index contributed by atoms with van der Waals surface area (Å²) in [7, 11) is -2.22. The number of rotatable bonds is 9. The van der Waals surface area contributed by atoms with Crippen molar-refractivity contribution in [2.24, 2.45) is 5.10 Å². The number of hydrogen-bond donors (Lipinski definition) is 2. The van der Waals surface area contributed by atoms with E-state index in [0.717, 1.165) is 0 Å². The van der Waals surface area contributed by atoms with Gasteiger partial charge in [0.25, 0.3) is 15.9 Å². The Morgan fingerprint density at radius 2 is 1.69 bits per heavy atom. The number of hydrogen-bond acceptors (Lipinski definition) is 6. The Bertz CT molecular complexity index is 1190. The third-order valence-corrected chi connectivity index (χ3v) is 5.75. The molecule has 0 fully saturated rings. The molecule has 0 heterocycles. The van der Waals surface area contributed by atoms with Gasteiger partial charge < -0.3 is 9.47 Å². The monoisotopic (exact) mass is 453 g/mol. The van der Waals surface area contributed by atoms with E-state index in [-0.39, 0.29) is 4.90 Å². The summed E-state index contributed by atoms with van der Waals surface area (Å²) < 4.78 is 38.1. The highest BCUT2D eigenvalue weighted by atomic mass is 32.2. The van der Waals surface area contributed by atoms with Gasteiger partial charge in [0.2, 0.25) is 0 Å². The second-order valence-corrected chi connectivity index (χ2v) is 8.21. The molecule has 0 atom stereocenters. The van der Waals surface area contributed by atoms with Gasteiger partial charge >= 0.3 is 0 Å². The number of hydrazone groups is 1. The molecule has 0 spiro atoms. The molecule has 1 amide bonds. The van der Waals surface area contributed by atoms with Crippen LogP contribution in [-0.4, -0.2) is 34.3 Å². The van der Waals surface area contributed by atoms with Gasteiger partial charge in [-0.15, -0.1) is 0 Å². The van der Waals surface area contributed by atoms with Crippen LogP contribution in [0.15, 0.2) is 82.8 Å². The molecule has 0 aliphatic heterocycles. The van der Waals surface area contributed by atoms with Crippen molar-refractivity contribution in [1.82, 2.24) is 5.43 Å². The van der Waals surface area contributed by atoms with Gasteiger partial charge in [0, 0.05) is 16.8 Å². The van der Waals surface area contributed by atoms with E-state index < -0.39 is 15.9 Å². The Morgan fingerprint density at radius 3 is 2.34 bits per heavy atom. The molecule has 3 aromatic rings. The van der Waals surface area contributed by atoms with E-state index in [2.05, 4.69) is 15.2 Å². The summed E-state index contributed by atoms with van der Waals surface area (Å²) in [5, 5.41) is 3.94. The molecule has 0 bridgehead atoms. The molecule has 0 unspecified atom stereocenters. The number of nitrogens with one attached hydrogen (secondary N) is 2. The number of benzene rings is 3. The summed E-state index contributed by atoms with van der Waals surface area (Å²) in [6.07, 6.45) is 1.48. The van der Waals surface area contributed by atoms with Crippen molar-refractivity contribution < 1.29 is 22.7 Å². The van der Waals surface area contributed by atoms with Crippen molar-refractivity contribution in [3.8, 4) is 11.5 Å². The van der Waals surface area contributed by atoms with Crippen LogP contribution in [0.2, 0.25) is 0 Å². The highest BCUT2D eigenvalue weighted by molar-refractivity contribution is 7.92. The van der Waals surface area contributed by atoms with Crippen molar-refractivity contribution in [3.05, 3.63) is 83.9 Å². The lowest BCUT2D eigenvalue weighted by Gasteiger charge is -2.09. The summed E-state index contributed by atoms with van der Waals surface area (Å²) in [6, 6.07) is 19.4. The fourth-order valence-corrected chi connectivity index (χ4v) is 3.84. The largest absolute Gasteiger partial charge is 0.496 e. The number of sulfonamides is 1. The molecular formula is C23H23N3O5S. The minimum Gasteiger partial charge on any atom is -0.496 e. The van der Waals surface area contributed by atoms with Crippen LogP contribution < -0.4 is 19.6 Å². The first-order valence-corrected chi connectivity index (χ1v) is 11.2. The smallest absolute Gasteiger partial charge is 0.271 e. The maximum Gasteiger partial charge on any atom is 0.271 e. The van der Waals surface area contributed by atoms with E-state index in [9.17, 15) is 13.2 Å². The van der Waals surface area contributed by atoms with Crippen LogP contribution >= 0.6 is 0 Å². The van der Waals surface area contributed by atoms with Crippen LogP contribution in [0.4, 0.5) is 5.69 Å². The van der Waals surface area contributed by atoms with Crippen LogP contribution in [-0.2, 0) is 10.0 Å². The Labute approximate surface area is 186 Å². The topological polar surface area (TPSA) is 106 Å². The second kappa shape index (κ2) is 10.5. The lowest BCUT2D eigenvalue weighted by molar-refractivity contribution is 0.0955. The first kappa shape index (κ1) is 22.8. The molecule has 3 rings (SSSR count). The number of anilines is 1. The number of methoxy groups -OCH3 is 1. The second-order valence-electron chi connectivity index (χ2n) is 6.53. The van der Waals surface area contributed by atoms with E-state index in [4.69, 9.17) is 9.47 Å². The normalized spacial score (nSPS) is 11.2. The summed E-state index contributed by atoms with van der Waals surface area (Å²) >= 11 is 0. The minimum absolute atomic E-state index is 0.105. The average Bonchev–Trinajstić information content (AvgIpc) is 2.80. The lowest BCUT2D eigenvalue weighted by Crippen LogP contribution is -2.18. The average molecular weight is 454 g/mol. The summed E-state index contributed by atoms with van der Waals surface area (Å²) in [4.78, 5) is 12.4. The van der Waals surface area contributed by atoms with Gasteiger partial charge in [-0.3, -0.25) is 9.52 Å². The molecule has 0 saturated heterocycles. The number of nitrogens with zero attached hydrogens (tertiary/aromatic N) is 1. The molecule has 0 aliphatic rings. The van der Waals surface area contributed by atoms with Crippen LogP contribution in [0.1, 0.15) is 22.8 Å². The number of amides is 1. The predicted octanol–water partition coefficient (Wildman–Crippen LogP) is 3.66. The summed E-state index contributed by atoms with van der Waals surface area (Å²) in [5.74, 6) is 0.793. The molecule has 0 aliphatic carbocycles. The Kier molecular flexibility index (Phi) is 7.45. The van der Waals surface area contributed by atoms with Crippen LogP contribution in [0.25, 0.3) is 0 Å². The maximum atomic E-state index is 12.6. The zero-order valence-corrected chi connectivity index (χ0v) is 18.4. The molecule has 0 radical (unpaired) electrons. The van der Waals surface area contributed by atoms with Crippen molar-refractivity contribution in [1.29, 1.82) is 0 Å².